The van der Waals surface area contributed by atoms with E-state index in [0.29, 0.717) is 12.5 Å². The summed E-state index contributed by atoms with van der Waals surface area (Å²) in [7, 11) is 0. The van der Waals surface area contributed by atoms with E-state index in [2.05, 4.69) is 35.2 Å². The van der Waals surface area contributed by atoms with Crippen LogP contribution in [0.5, 0.6) is 0 Å². The van der Waals surface area contributed by atoms with Crippen molar-refractivity contribution in [1.82, 2.24) is 4.90 Å². The number of alkyl halides is 1. The first-order valence-corrected chi connectivity index (χ1v) is 7.47. The molecule has 1 aromatic carbocycles. The minimum absolute atomic E-state index is 0.0716. The number of nitrogens with zero attached hydrogens (tertiary/aromatic N) is 1. The molecule has 2 aliphatic rings. The van der Waals surface area contributed by atoms with E-state index in [0.717, 1.165) is 32.5 Å². The first-order valence-electron chi connectivity index (χ1n) is 6.94. The standard InChI is InChI=1S/C15H20ClNO2/c16-10-14-12-18-15(19-14)6-8-17(9-7-15)11-13-4-2-1-3-5-13/h1-5,14H,6-12H2. The van der Waals surface area contributed by atoms with Crippen LogP contribution in [0.15, 0.2) is 30.3 Å². The quantitative estimate of drug-likeness (QED) is 0.795. The summed E-state index contributed by atoms with van der Waals surface area (Å²) in [6.45, 7) is 3.69. The summed E-state index contributed by atoms with van der Waals surface area (Å²) in [5, 5.41) is 0. The molecule has 0 amide bonds. The normalized spacial score (nSPS) is 26.9. The van der Waals surface area contributed by atoms with E-state index in [9.17, 15) is 0 Å². The lowest BCUT2D eigenvalue weighted by molar-refractivity contribution is -0.193. The highest BCUT2D eigenvalue weighted by molar-refractivity contribution is 6.18. The first kappa shape index (κ1) is 13.4. The van der Waals surface area contributed by atoms with Gasteiger partial charge in [-0.1, -0.05) is 30.3 Å². The molecule has 104 valence electrons. The SMILES string of the molecule is ClCC1COC2(CCN(Cc3ccccc3)CC2)O1. The highest BCUT2D eigenvalue weighted by atomic mass is 35.5. The van der Waals surface area contributed by atoms with Gasteiger partial charge in [-0.2, -0.15) is 0 Å². The average molecular weight is 282 g/mol. The van der Waals surface area contributed by atoms with Crippen molar-refractivity contribution >= 4 is 11.6 Å². The fourth-order valence-corrected chi connectivity index (χ4v) is 3.00. The molecule has 0 saturated carbocycles. The average Bonchev–Trinajstić information content (AvgIpc) is 2.86. The summed E-state index contributed by atoms with van der Waals surface area (Å²) in [4.78, 5) is 2.46. The summed E-state index contributed by atoms with van der Waals surface area (Å²) in [5.74, 6) is 0.169. The number of rotatable bonds is 3. The molecule has 3 nitrogen and oxygen atoms in total. The monoisotopic (exact) mass is 281 g/mol. The van der Waals surface area contributed by atoms with Crippen molar-refractivity contribution in [2.24, 2.45) is 0 Å². The molecule has 19 heavy (non-hydrogen) atoms. The predicted octanol–water partition coefficient (Wildman–Crippen LogP) is 2.63. The molecule has 0 bridgehead atoms. The van der Waals surface area contributed by atoms with Crippen LogP contribution in [0.4, 0.5) is 0 Å². The Morgan fingerprint density at radius 2 is 1.95 bits per heavy atom. The molecule has 2 saturated heterocycles. The highest BCUT2D eigenvalue weighted by Crippen LogP contribution is 2.34. The van der Waals surface area contributed by atoms with Gasteiger partial charge < -0.3 is 9.47 Å². The molecule has 1 aromatic rings. The summed E-state index contributed by atoms with van der Waals surface area (Å²) in [6.07, 6.45) is 1.95. The maximum Gasteiger partial charge on any atom is 0.171 e. The fraction of sp³-hybridized carbons (Fsp3) is 0.600. The molecule has 4 heteroatoms. The zero-order valence-electron chi connectivity index (χ0n) is 11.1. The zero-order valence-corrected chi connectivity index (χ0v) is 11.8. The van der Waals surface area contributed by atoms with Gasteiger partial charge in [0.15, 0.2) is 5.79 Å². The molecular formula is C15H20ClNO2. The van der Waals surface area contributed by atoms with Crippen LogP contribution in [-0.2, 0) is 16.0 Å². The van der Waals surface area contributed by atoms with Crippen LogP contribution in [-0.4, -0.2) is 42.4 Å². The van der Waals surface area contributed by atoms with Crippen LogP contribution in [0, 0.1) is 0 Å². The van der Waals surface area contributed by atoms with Gasteiger partial charge in [0.25, 0.3) is 0 Å². The third kappa shape index (κ3) is 3.11. The molecular weight excluding hydrogens is 262 g/mol. The Balaban J connectivity index is 1.53. The summed E-state index contributed by atoms with van der Waals surface area (Å²) in [5.41, 5.74) is 1.37. The van der Waals surface area contributed by atoms with Gasteiger partial charge in [-0.25, -0.2) is 0 Å². The minimum Gasteiger partial charge on any atom is -0.347 e. The maximum absolute atomic E-state index is 5.96. The largest absolute Gasteiger partial charge is 0.347 e. The van der Waals surface area contributed by atoms with Crippen LogP contribution < -0.4 is 0 Å². The number of piperidine rings is 1. The predicted molar refractivity (Wildman–Crippen MR) is 75.2 cm³/mol. The Kier molecular flexibility index (Phi) is 4.08. The van der Waals surface area contributed by atoms with Crippen molar-refractivity contribution in [3.8, 4) is 0 Å². The first-order chi connectivity index (χ1) is 9.30. The van der Waals surface area contributed by atoms with E-state index >= 15 is 0 Å². The van der Waals surface area contributed by atoms with Gasteiger partial charge in [0.1, 0.15) is 0 Å². The summed E-state index contributed by atoms with van der Waals surface area (Å²) < 4.78 is 11.8. The van der Waals surface area contributed by atoms with Crippen molar-refractivity contribution in [2.75, 3.05) is 25.6 Å². The van der Waals surface area contributed by atoms with Gasteiger partial charge in [-0.15, -0.1) is 11.6 Å². The molecule has 1 unspecified atom stereocenters. The Bertz CT molecular complexity index is 404. The van der Waals surface area contributed by atoms with Crippen molar-refractivity contribution < 1.29 is 9.47 Å². The van der Waals surface area contributed by atoms with Crippen molar-refractivity contribution in [2.45, 2.75) is 31.3 Å². The van der Waals surface area contributed by atoms with Gasteiger partial charge in [-0.05, 0) is 5.56 Å². The molecule has 2 fully saturated rings. The number of ether oxygens (including phenoxy) is 2. The molecule has 3 rings (SSSR count). The topological polar surface area (TPSA) is 21.7 Å². The lowest BCUT2D eigenvalue weighted by atomic mass is 10.0. The second-order valence-corrected chi connectivity index (χ2v) is 5.69. The van der Waals surface area contributed by atoms with Crippen LogP contribution in [0.25, 0.3) is 0 Å². The van der Waals surface area contributed by atoms with E-state index in [1.807, 2.05) is 0 Å². The summed E-state index contributed by atoms with van der Waals surface area (Å²) >= 11 is 5.83. The van der Waals surface area contributed by atoms with E-state index < -0.39 is 0 Å². The molecule has 0 aromatic heterocycles. The smallest absolute Gasteiger partial charge is 0.171 e. The van der Waals surface area contributed by atoms with Crippen LogP contribution in [0.1, 0.15) is 18.4 Å². The Labute approximate surface area is 119 Å². The Hall–Kier alpha value is -0.610. The van der Waals surface area contributed by atoms with Gasteiger partial charge in [0.2, 0.25) is 0 Å². The van der Waals surface area contributed by atoms with Gasteiger partial charge >= 0.3 is 0 Å². The van der Waals surface area contributed by atoms with E-state index in [1.165, 1.54) is 5.56 Å². The second kappa shape index (κ2) is 5.80. The molecule has 1 atom stereocenters. The van der Waals surface area contributed by atoms with Crippen LogP contribution >= 0.6 is 11.6 Å². The third-order valence-corrected chi connectivity index (χ3v) is 4.30. The van der Waals surface area contributed by atoms with Crippen molar-refractivity contribution in [1.29, 1.82) is 0 Å². The molecule has 2 aliphatic heterocycles. The highest BCUT2D eigenvalue weighted by Gasteiger charge is 2.43. The van der Waals surface area contributed by atoms with Crippen molar-refractivity contribution in [3.05, 3.63) is 35.9 Å². The third-order valence-electron chi connectivity index (χ3n) is 3.95. The molecule has 2 heterocycles. The number of halogens is 1. The summed E-state index contributed by atoms with van der Waals surface area (Å²) in [6, 6.07) is 10.6. The fourth-order valence-electron chi connectivity index (χ4n) is 2.85. The van der Waals surface area contributed by atoms with Gasteiger partial charge in [0, 0.05) is 32.5 Å². The zero-order chi connectivity index (χ0) is 13.1. The Morgan fingerprint density at radius 1 is 1.21 bits per heavy atom. The lowest BCUT2D eigenvalue weighted by Crippen LogP contribution is -2.45. The molecule has 0 aliphatic carbocycles. The van der Waals surface area contributed by atoms with E-state index in [1.54, 1.807) is 0 Å². The van der Waals surface area contributed by atoms with Crippen molar-refractivity contribution in [3.63, 3.8) is 0 Å². The number of hydrogen-bond acceptors (Lipinski definition) is 3. The number of hydrogen-bond donors (Lipinski definition) is 0. The lowest BCUT2D eigenvalue weighted by Gasteiger charge is -2.37. The van der Waals surface area contributed by atoms with Crippen LogP contribution in [0.2, 0.25) is 0 Å². The van der Waals surface area contributed by atoms with E-state index in [-0.39, 0.29) is 11.9 Å². The molecule has 1 spiro atoms. The van der Waals surface area contributed by atoms with E-state index in [4.69, 9.17) is 21.1 Å². The molecule has 0 radical (unpaired) electrons. The number of benzene rings is 1. The maximum atomic E-state index is 5.96. The number of likely N-dealkylation sites (tertiary alicyclic amines) is 1. The van der Waals surface area contributed by atoms with Gasteiger partial charge in [0.05, 0.1) is 18.6 Å². The van der Waals surface area contributed by atoms with Gasteiger partial charge in [-0.3, -0.25) is 4.90 Å². The second-order valence-electron chi connectivity index (χ2n) is 5.38. The Morgan fingerprint density at radius 3 is 2.58 bits per heavy atom. The minimum atomic E-state index is -0.354. The molecule has 0 N–H and O–H groups in total. The van der Waals surface area contributed by atoms with Crippen LogP contribution in [0.3, 0.4) is 0 Å².